The molecule has 0 aliphatic rings. The maximum atomic E-state index is 13.4. The number of carbonyl (C=O) groups excluding carboxylic acids is 1. The number of anilines is 5. The van der Waals surface area contributed by atoms with Crippen molar-refractivity contribution in [1.82, 2.24) is 19.9 Å². The minimum atomic E-state index is -0.929. The molecule has 0 saturated heterocycles. The number of nitrogens with zero attached hydrogens (tertiary/aromatic N) is 9. The maximum Gasteiger partial charge on any atom is 0.340 e. The SMILES string of the molecule is N#Cc1ccc(Nc2ncc(-c3ccccc3Br)c(C(=NN(C(N)=O)c3ccc(C#N)cc3)c3nc(Nc4ccc(C#N)cc4)ncc3-c3ccccc3Br)n2)cc1. The maximum absolute atomic E-state index is 13.4. The molecule has 5 aromatic carbocycles. The Bertz CT molecular complexity index is 2670. The fraction of sp³-hybridized carbons (Fsp3) is 0. The quantitative estimate of drug-likeness (QED) is 0.0876. The number of nitrogens with two attached hydrogens (primary N) is 1. The molecular formula is C43H26Br2N12O. The molecule has 0 atom stereocenters. The van der Waals surface area contributed by atoms with Crippen LogP contribution in [-0.4, -0.2) is 31.7 Å². The van der Waals surface area contributed by atoms with Gasteiger partial charge in [0.15, 0.2) is 0 Å². The van der Waals surface area contributed by atoms with Crippen LogP contribution in [0, 0.1) is 34.0 Å². The van der Waals surface area contributed by atoms with Crippen LogP contribution < -0.4 is 21.4 Å². The van der Waals surface area contributed by atoms with E-state index in [2.05, 4.69) is 70.7 Å². The first-order valence-electron chi connectivity index (χ1n) is 17.2. The highest BCUT2D eigenvalue weighted by molar-refractivity contribution is 9.11. The normalized spacial score (nSPS) is 10.3. The summed E-state index contributed by atoms with van der Waals surface area (Å²) >= 11 is 7.38. The second-order valence-electron chi connectivity index (χ2n) is 12.3. The highest BCUT2D eigenvalue weighted by atomic mass is 79.9. The Kier molecular flexibility index (Phi) is 11.5. The van der Waals surface area contributed by atoms with Gasteiger partial charge in [0.05, 0.1) is 40.6 Å². The standard InChI is InChI=1S/C43H26Br2N12O/c44-36-7-3-1-5-32(36)34-24-50-42(52-29-15-9-26(21-46)10-16-29)54-38(34)40(56-57(41(49)58)31-19-13-28(23-48)14-20-31)39-35(33-6-2-4-8-37(33)45)25-51-43(55-39)53-30-17-11-27(22-47)12-18-30/h1-20,24-25H,(H2,49,58)(H,50,52,54)(H,51,53,55). The van der Waals surface area contributed by atoms with Crippen molar-refractivity contribution in [2.45, 2.75) is 0 Å². The van der Waals surface area contributed by atoms with Crippen LogP contribution in [0.1, 0.15) is 28.1 Å². The van der Waals surface area contributed by atoms with E-state index in [1.807, 2.05) is 48.5 Å². The number of nitriles is 3. The van der Waals surface area contributed by atoms with Gasteiger partial charge in [-0.1, -0.05) is 68.3 Å². The zero-order valence-electron chi connectivity index (χ0n) is 30.0. The highest BCUT2D eigenvalue weighted by Gasteiger charge is 2.27. The highest BCUT2D eigenvalue weighted by Crippen LogP contribution is 2.36. The van der Waals surface area contributed by atoms with Crippen molar-refractivity contribution in [2.24, 2.45) is 10.8 Å². The number of hydrazone groups is 1. The van der Waals surface area contributed by atoms with Crippen molar-refractivity contribution in [3.8, 4) is 40.5 Å². The molecule has 0 radical (unpaired) electrons. The molecule has 0 aliphatic carbocycles. The van der Waals surface area contributed by atoms with E-state index in [9.17, 15) is 20.6 Å². The molecule has 7 aromatic rings. The largest absolute Gasteiger partial charge is 0.350 e. The molecule has 278 valence electrons. The molecular weight excluding hydrogens is 860 g/mol. The van der Waals surface area contributed by atoms with Crippen molar-refractivity contribution >= 4 is 72.6 Å². The number of rotatable bonds is 10. The topological polar surface area (TPSA) is 206 Å². The number of primary amides is 1. The summed E-state index contributed by atoms with van der Waals surface area (Å²) in [5.41, 5.74) is 11.9. The monoisotopic (exact) mass is 884 g/mol. The Morgan fingerprint density at radius 2 is 0.983 bits per heavy atom. The first kappa shape index (κ1) is 38.5. The van der Waals surface area contributed by atoms with Crippen molar-refractivity contribution < 1.29 is 4.79 Å². The molecule has 0 aliphatic heterocycles. The summed E-state index contributed by atoms with van der Waals surface area (Å²) in [4.78, 5) is 32.8. The van der Waals surface area contributed by atoms with E-state index in [1.165, 1.54) is 0 Å². The van der Waals surface area contributed by atoms with Crippen LogP contribution in [0.2, 0.25) is 0 Å². The predicted octanol–water partition coefficient (Wildman–Crippen LogP) is 9.57. The average molecular weight is 887 g/mol. The van der Waals surface area contributed by atoms with Gasteiger partial charge in [0.2, 0.25) is 11.9 Å². The van der Waals surface area contributed by atoms with Gasteiger partial charge in [0, 0.05) is 43.8 Å². The van der Waals surface area contributed by atoms with Gasteiger partial charge in [-0.25, -0.2) is 24.7 Å². The zero-order valence-corrected chi connectivity index (χ0v) is 33.1. The summed E-state index contributed by atoms with van der Waals surface area (Å²) < 4.78 is 1.45. The lowest BCUT2D eigenvalue weighted by Crippen LogP contribution is -2.33. The van der Waals surface area contributed by atoms with Crippen LogP contribution >= 0.6 is 31.9 Å². The smallest absolute Gasteiger partial charge is 0.340 e. The molecule has 2 aromatic heterocycles. The zero-order chi connectivity index (χ0) is 40.6. The van der Waals surface area contributed by atoms with Crippen molar-refractivity contribution in [2.75, 3.05) is 15.6 Å². The second kappa shape index (κ2) is 17.4. The Labute approximate surface area is 349 Å². The number of hydrogen-bond acceptors (Lipinski definition) is 11. The molecule has 0 bridgehead atoms. The summed E-state index contributed by atoms with van der Waals surface area (Å²) in [5, 5.41) is 40.6. The molecule has 2 heterocycles. The van der Waals surface area contributed by atoms with Crippen molar-refractivity contribution in [3.05, 3.63) is 171 Å². The third-order valence-corrected chi connectivity index (χ3v) is 9.93. The minimum Gasteiger partial charge on any atom is -0.350 e. The molecule has 0 fully saturated rings. The summed E-state index contributed by atoms with van der Waals surface area (Å²) in [5.74, 6) is 0.333. The van der Waals surface area contributed by atoms with Crippen LogP contribution in [0.3, 0.4) is 0 Å². The van der Waals surface area contributed by atoms with Gasteiger partial charge >= 0.3 is 6.03 Å². The summed E-state index contributed by atoms with van der Waals surface area (Å²) in [6.45, 7) is 0. The molecule has 2 amide bonds. The number of hydrogen-bond donors (Lipinski definition) is 3. The fourth-order valence-corrected chi connectivity index (χ4v) is 6.73. The molecule has 0 saturated carbocycles. The number of urea groups is 1. The molecule has 7 rings (SSSR count). The Morgan fingerprint density at radius 3 is 1.36 bits per heavy atom. The number of amides is 2. The Hall–Kier alpha value is -7.77. The first-order valence-corrected chi connectivity index (χ1v) is 18.8. The number of aromatic nitrogens is 4. The van der Waals surface area contributed by atoms with E-state index in [1.54, 1.807) is 85.2 Å². The second-order valence-corrected chi connectivity index (χ2v) is 14.0. The van der Waals surface area contributed by atoms with Gasteiger partial charge in [0.1, 0.15) is 17.1 Å². The summed E-state index contributed by atoms with van der Waals surface area (Å²) in [6.07, 6.45) is 3.27. The Balaban J connectivity index is 1.54. The van der Waals surface area contributed by atoms with E-state index >= 15 is 0 Å². The van der Waals surface area contributed by atoms with Crippen molar-refractivity contribution in [3.63, 3.8) is 0 Å². The molecule has 0 unspecified atom stereocenters. The lowest BCUT2D eigenvalue weighted by molar-refractivity contribution is 0.254. The third kappa shape index (κ3) is 8.54. The third-order valence-electron chi connectivity index (χ3n) is 8.54. The molecule has 0 spiro atoms. The molecule has 15 heteroatoms. The number of nitrogens with one attached hydrogen (secondary N) is 2. The van der Waals surface area contributed by atoms with Gasteiger partial charge in [-0.3, -0.25) is 0 Å². The Morgan fingerprint density at radius 1 is 0.586 bits per heavy atom. The van der Waals surface area contributed by atoms with Crippen LogP contribution in [0.15, 0.2) is 148 Å². The molecule has 58 heavy (non-hydrogen) atoms. The number of carbonyl (C=O) groups is 1. The fourth-order valence-electron chi connectivity index (χ4n) is 5.73. The van der Waals surface area contributed by atoms with E-state index in [-0.39, 0.29) is 34.7 Å². The van der Waals surface area contributed by atoms with Crippen LogP contribution in [0.25, 0.3) is 22.3 Å². The average Bonchev–Trinajstić information content (AvgIpc) is 3.25. The van der Waals surface area contributed by atoms with Gasteiger partial charge in [0.25, 0.3) is 0 Å². The molecule has 4 N–H and O–H groups in total. The minimum absolute atomic E-state index is 0.0928. The summed E-state index contributed by atoms with van der Waals surface area (Å²) in [7, 11) is 0. The van der Waals surface area contributed by atoms with E-state index < -0.39 is 6.03 Å². The van der Waals surface area contributed by atoms with E-state index in [0.717, 1.165) is 14.0 Å². The van der Waals surface area contributed by atoms with Crippen molar-refractivity contribution in [1.29, 1.82) is 15.8 Å². The van der Waals surface area contributed by atoms with E-state index in [0.29, 0.717) is 50.3 Å². The van der Waals surface area contributed by atoms with Crippen LogP contribution in [0.5, 0.6) is 0 Å². The number of halogens is 2. The van der Waals surface area contributed by atoms with Crippen LogP contribution in [-0.2, 0) is 0 Å². The van der Waals surface area contributed by atoms with Gasteiger partial charge in [-0.15, -0.1) is 0 Å². The lowest BCUT2D eigenvalue weighted by atomic mass is 9.97. The summed E-state index contributed by atoms with van der Waals surface area (Å²) in [6, 6.07) is 40.2. The predicted molar refractivity (Wildman–Crippen MR) is 228 cm³/mol. The molecule has 13 nitrogen and oxygen atoms in total. The van der Waals surface area contributed by atoms with Gasteiger partial charge < -0.3 is 16.4 Å². The van der Waals surface area contributed by atoms with Crippen LogP contribution in [0.4, 0.5) is 33.8 Å². The van der Waals surface area contributed by atoms with Gasteiger partial charge in [-0.2, -0.15) is 25.9 Å². The van der Waals surface area contributed by atoms with E-state index in [4.69, 9.17) is 20.8 Å². The first-order chi connectivity index (χ1) is 28.2. The lowest BCUT2D eigenvalue weighted by Gasteiger charge is -2.21. The van der Waals surface area contributed by atoms with Gasteiger partial charge in [-0.05, 0) is 96.1 Å². The number of benzene rings is 5.